The van der Waals surface area contributed by atoms with Crippen LogP contribution < -0.4 is 4.74 Å². The fraction of sp³-hybridized carbons (Fsp3) is 0.167. The van der Waals surface area contributed by atoms with E-state index in [2.05, 4.69) is 21.1 Å². The van der Waals surface area contributed by atoms with Crippen LogP contribution in [0.4, 0.5) is 0 Å². The van der Waals surface area contributed by atoms with Crippen LogP contribution in [-0.4, -0.2) is 11.4 Å². The van der Waals surface area contributed by atoms with E-state index in [4.69, 9.17) is 9.26 Å². The average Bonchev–Trinajstić information content (AvgIpc) is 2.74. The Hall–Kier alpha value is -1.62. The summed E-state index contributed by atoms with van der Waals surface area (Å²) in [7, 11) is 0. The number of benzene rings is 1. The van der Waals surface area contributed by atoms with E-state index in [9.17, 15) is 4.79 Å². The second-order valence-electron chi connectivity index (χ2n) is 3.52. The monoisotopic (exact) mass is 295 g/mol. The van der Waals surface area contributed by atoms with Crippen LogP contribution in [-0.2, 0) is 6.61 Å². The maximum Gasteiger partial charge on any atom is 0.151 e. The highest BCUT2D eigenvalue weighted by atomic mass is 79.9. The Labute approximate surface area is 107 Å². The van der Waals surface area contributed by atoms with E-state index in [0.29, 0.717) is 17.9 Å². The van der Waals surface area contributed by atoms with Gasteiger partial charge in [-0.25, -0.2) is 0 Å². The number of carbonyl (C=O) groups is 1. The summed E-state index contributed by atoms with van der Waals surface area (Å²) in [4.78, 5) is 10.7. The van der Waals surface area contributed by atoms with Crippen molar-refractivity contribution in [1.82, 2.24) is 5.16 Å². The van der Waals surface area contributed by atoms with Crippen LogP contribution in [0.5, 0.6) is 5.75 Å². The third kappa shape index (κ3) is 2.94. The normalized spacial score (nSPS) is 10.2. The van der Waals surface area contributed by atoms with Gasteiger partial charge in [-0.05, 0) is 25.1 Å². The molecule has 0 unspecified atom stereocenters. The molecular formula is C12H10BrNO3. The van der Waals surface area contributed by atoms with Gasteiger partial charge in [-0.2, -0.15) is 0 Å². The first kappa shape index (κ1) is 11.9. The number of carbonyl (C=O) groups excluding carboxylic acids is 1. The molecule has 0 radical (unpaired) electrons. The minimum absolute atomic E-state index is 0.317. The number of aromatic nitrogens is 1. The minimum Gasteiger partial charge on any atom is -0.487 e. The van der Waals surface area contributed by atoms with Gasteiger partial charge < -0.3 is 9.26 Å². The summed E-state index contributed by atoms with van der Waals surface area (Å²) in [5.74, 6) is 1.36. The average molecular weight is 296 g/mol. The van der Waals surface area contributed by atoms with Crippen molar-refractivity contribution in [1.29, 1.82) is 0 Å². The van der Waals surface area contributed by atoms with E-state index >= 15 is 0 Å². The number of nitrogens with zero attached hydrogens (tertiary/aromatic N) is 1. The Morgan fingerprint density at radius 1 is 1.47 bits per heavy atom. The molecule has 1 aromatic carbocycles. The number of hydrogen-bond donors (Lipinski definition) is 0. The van der Waals surface area contributed by atoms with Gasteiger partial charge in [0, 0.05) is 16.1 Å². The van der Waals surface area contributed by atoms with Gasteiger partial charge in [0.25, 0.3) is 0 Å². The molecule has 0 N–H and O–H groups in total. The van der Waals surface area contributed by atoms with E-state index in [0.717, 1.165) is 22.2 Å². The summed E-state index contributed by atoms with van der Waals surface area (Å²) in [6.07, 6.45) is 0.775. The van der Waals surface area contributed by atoms with Gasteiger partial charge >= 0.3 is 0 Å². The lowest BCUT2D eigenvalue weighted by molar-refractivity contribution is 0.112. The molecule has 4 nitrogen and oxygen atoms in total. The molecule has 0 saturated carbocycles. The SMILES string of the molecule is Cc1cc(COc2ccc(Br)c(C=O)c2)no1. The fourth-order valence-corrected chi connectivity index (χ4v) is 1.69. The summed E-state index contributed by atoms with van der Waals surface area (Å²) in [5, 5.41) is 3.81. The molecule has 0 aliphatic heterocycles. The van der Waals surface area contributed by atoms with Gasteiger partial charge in [-0.1, -0.05) is 21.1 Å². The van der Waals surface area contributed by atoms with Gasteiger partial charge in [0.05, 0.1) is 0 Å². The molecule has 0 spiro atoms. The summed E-state index contributed by atoms with van der Waals surface area (Å²) in [6.45, 7) is 2.14. The van der Waals surface area contributed by atoms with Crippen molar-refractivity contribution in [2.45, 2.75) is 13.5 Å². The molecule has 0 aliphatic carbocycles. The molecule has 88 valence electrons. The van der Waals surface area contributed by atoms with Crippen molar-refractivity contribution in [3.05, 3.63) is 45.8 Å². The van der Waals surface area contributed by atoms with Crippen molar-refractivity contribution in [3.8, 4) is 5.75 Å². The van der Waals surface area contributed by atoms with Gasteiger partial charge in [-0.15, -0.1) is 0 Å². The van der Waals surface area contributed by atoms with Crippen LogP contribution in [0.1, 0.15) is 21.8 Å². The zero-order chi connectivity index (χ0) is 12.3. The zero-order valence-corrected chi connectivity index (χ0v) is 10.7. The second kappa shape index (κ2) is 5.14. The maximum atomic E-state index is 10.7. The molecule has 2 rings (SSSR count). The molecule has 0 amide bonds. The van der Waals surface area contributed by atoms with Crippen LogP contribution >= 0.6 is 15.9 Å². The Balaban J connectivity index is 2.06. The Morgan fingerprint density at radius 3 is 2.94 bits per heavy atom. The highest BCUT2D eigenvalue weighted by Gasteiger charge is 2.04. The van der Waals surface area contributed by atoms with E-state index in [1.807, 2.05) is 6.92 Å². The molecular weight excluding hydrogens is 286 g/mol. The molecule has 2 aromatic rings. The first-order chi connectivity index (χ1) is 8.19. The standard InChI is InChI=1S/C12H10BrNO3/c1-8-4-10(14-17-8)7-16-11-2-3-12(13)9(5-11)6-15/h2-6H,7H2,1H3. The Kier molecular flexibility index (Phi) is 3.58. The molecule has 17 heavy (non-hydrogen) atoms. The number of aldehydes is 1. The van der Waals surface area contributed by atoms with Crippen molar-refractivity contribution in [2.24, 2.45) is 0 Å². The number of rotatable bonds is 4. The predicted molar refractivity (Wildman–Crippen MR) is 65.1 cm³/mol. The molecule has 0 bridgehead atoms. The lowest BCUT2D eigenvalue weighted by Gasteiger charge is -2.05. The van der Waals surface area contributed by atoms with Crippen molar-refractivity contribution in [2.75, 3.05) is 0 Å². The number of hydrogen-bond acceptors (Lipinski definition) is 4. The molecule has 0 aliphatic rings. The third-order valence-corrected chi connectivity index (χ3v) is 2.88. The lowest BCUT2D eigenvalue weighted by Crippen LogP contribution is -1.96. The number of aryl methyl sites for hydroxylation is 1. The third-order valence-electron chi connectivity index (χ3n) is 2.16. The topological polar surface area (TPSA) is 52.3 Å². The number of ether oxygens (including phenoxy) is 1. The van der Waals surface area contributed by atoms with E-state index in [-0.39, 0.29) is 0 Å². The van der Waals surface area contributed by atoms with Crippen molar-refractivity contribution >= 4 is 22.2 Å². The molecule has 0 atom stereocenters. The smallest absolute Gasteiger partial charge is 0.151 e. The molecule has 0 fully saturated rings. The van der Waals surface area contributed by atoms with Crippen molar-refractivity contribution in [3.63, 3.8) is 0 Å². The van der Waals surface area contributed by atoms with E-state index in [1.165, 1.54) is 0 Å². The lowest BCUT2D eigenvalue weighted by atomic mass is 10.2. The minimum atomic E-state index is 0.317. The summed E-state index contributed by atoms with van der Waals surface area (Å²) in [5.41, 5.74) is 1.27. The van der Waals surface area contributed by atoms with Gasteiger partial charge in [0.1, 0.15) is 23.8 Å². The summed E-state index contributed by atoms with van der Waals surface area (Å²) in [6, 6.07) is 7.03. The highest BCUT2D eigenvalue weighted by molar-refractivity contribution is 9.10. The van der Waals surface area contributed by atoms with Crippen LogP contribution in [0.3, 0.4) is 0 Å². The van der Waals surface area contributed by atoms with Gasteiger partial charge in [0.2, 0.25) is 0 Å². The molecule has 0 saturated heterocycles. The maximum absolute atomic E-state index is 10.7. The van der Waals surface area contributed by atoms with Gasteiger partial charge in [0.15, 0.2) is 6.29 Å². The quantitative estimate of drug-likeness (QED) is 0.813. The van der Waals surface area contributed by atoms with E-state index < -0.39 is 0 Å². The summed E-state index contributed by atoms with van der Waals surface area (Å²) >= 11 is 3.28. The highest BCUT2D eigenvalue weighted by Crippen LogP contribution is 2.21. The molecule has 1 heterocycles. The Morgan fingerprint density at radius 2 is 2.29 bits per heavy atom. The summed E-state index contributed by atoms with van der Waals surface area (Å²) < 4.78 is 11.2. The van der Waals surface area contributed by atoms with Crippen LogP contribution in [0.15, 0.2) is 33.3 Å². The second-order valence-corrected chi connectivity index (χ2v) is 4.37. The van der Waals surface area contributed by atoms with Gasteiger partial charge in [-0.3, -0.25) is 4.79 Å². The van der Waals surface area contributed by atoms with Crippen LogP contribution in [0, 0.1) is 6.92 Å². The van der Waals surface area contributed by atoms with Crippen LogP contribution in [0.25, 0.3) is 0 Å². The predicted octanol–water partition coefficient (Wildman–Crippen LogP) is 3.14. The first-order valence-electron chi connectivity index (χ1n) is 4.99. The first-order valence-corrected chi connectivity index (χ1v) is 5.78. The Bertz CT molecular complexity index is 536. The van der Waals surface area contributed by atoms with Crippen LogP contribution in [0.2, 0.25) is 0 Å². The fourth-order valence-electron chi connectivity index (χ4n) is 1.35. The van der Waals surface area contributed by atoms with Crippen molar-refractivity contribution < 1.29 is 14.1 Å². The number of halogens is 1. The van der Waals surface area contributed by atoms with E-state index in [1.54, 1.807) is 24.3 Å². The molecule has 1 aromatic heterocycles. The molecule has 5 heteroatoms. The zero-order valence-electron chi connectivity index (χ0n) is 9.14. The largest absolute Gasteiger partial charge is 0.487 e.